The van der Waals surface area contributed by atoms with Gasteiger partial charge in [-0.2, -0.15) is 0 Å². The fraction of sp³-hybridized carbons (Fsp3) is 0.611. The van der Waals surface area contributed by atoms with Gasteiger partial charge in [0.1, 0.15) is 18.0 Å². The van der Waals surface area contributed by atoms with E-state index in [-0.39, 0.29) is 29.7 Å². The van der Waals surface area contributed by atoms with E-state index in [1.807, 2.05) is 0 Å². The van der Waals surface area contributed by atoms with Gasteiger partial charge in [-0.3, -0.25) is 13.8 Å². The van der Waals surface area contributed by atoms with E-state index in [4.69, 9.17) is 0 Å². The van der Waals surface area contributed by atoms with Crippen molar-refractivity contribution in [2.45, 2.75) is 52.4 Å². The largest absolute Gasteiger partial charge is 0.506 e. The van der Waals surface area contributed by atoms with Crippen LogP contribution in [0.2, 0.25) is 0 Å². The lowest BCUT2D eigenvalue weighted by Gasteiger charge is -2.28. The van der Waals surface area contributed by atoms with E-state index < -0.39 is 0 Å². The molecule has 0 saturated carbocycles. The van der Waals surface area contributed by atoms with Crippen LogP contribution in [0, 0.1) is 17.7 Å². The van der Waals surface area contributed by atoms with E-state index in [1.165, 1.54) is 17.1 Å². The lowest BCUT2D eigenvalue weighted by Crippen LogP contribution is -2.20. The molecule has 0 aromatic heterocycles. The third-order valence-electron chi connectivity index (χ3n) is 4.93. The van der Waals surface area contributed by atoms with E-state index >= 15 is 4.39 Å². The van der Waals surface area contributed by atoms with Crippen molar-refractivity contribution in [3.05, 3.63) is 23.0 Å². The minimum absolute atomic E-state index is 0.0613. The number of hydrogen-bond donors (Lipinski definition) is 2. The average molecular weight is 352 g/mol. The van der Waals surface area contributed by atoms with Gasteiger partial charge in [-0.05, 0) is 48.3 Å². The Morgan fingerprint density at radius 3 is 2.96 bits per heavy atom. The average Bonchev–Trinajstić information content (AvgIpc) is 2.93. The summed E-state index contributed by atoms with van der Waals surface area (Å²) in [7, 11) is 0. The van der Waals surface area contributed by atoms with Crippen LogP contribution >= 0.6 is 12.1 Å². The first-order valence-electron chi connectivity index (χ1n) is 8.72. The molecule has 1 saturated heterocycles. The van der Waals surface area contributed by atoms with Crippen molar-refractivity contribution in [2.75, 3.05) is 10.8 Å². The number of anilines is 1. The summed E-state index contributed by atoms with van der Waals surface area (Å²) < 4.78 is 19.1. The van der Waals surface area contributed by atoms with E-state index in [9.17, 15) is 9.90 Å². The van der Waals surface area contributed by atoms with Crippen molar-refractivity contribution < 1.29 is 14.3 Å². The summed E-state index contributed by atoms with van der Waals surface area (Å²) in [6.45, 7) is 4.52. The second kappa shape index (κ2) is 7.21. The number of halogens is 1. The Labute approximate surface area is 147 Å². The van der Waals surface area contributed by atoms with Gasteiger partial charge < -0.3 is 5.11 Å². The van der Waals surface area contributed by atoms with Crippen molar-refractivity contribution >= 4 is 23.7 Å². The van der Waals surface area contributed by atoms with Gasteiger partial charge in [-0.25, -0.2) is 4.39 Å². The number of carbonyl (C=O) groups is 1. The molecule has 1 aliphatic heterocycles. The Morgan fingerprint density at radius 1 is 1.50 bits per heavy atom. The van der Waals surface area contributed by atoms with Crippen LogP contribution in [0.15, 0.2) is 6.07 Å². The van der Waals surface area contributed by atoms with Crippen LogP contribution in [0.25, 0.3) is 0 Å². The summed E-state index contributed by atoms with van der Waals surface area (Å²) in [5.41, 5.74) is 1.78. The van der Waals surface area contributed by atoms with Gasteiger partial charge in [0.05, 0.1) is 12.1 Å². The van der Waals surface area contributed by atoms with Crippen LogP contribution in [0.4, 0.5) is 10.1 Å². The van der Waals surface area contributed by atoms with E-state index in [1.54, 1.807) is 6.07 Å². The molecular weight excluding hydrogens is 327 g/mol. The number of carbonyl (C=O) groups excluding carboxylic acids is 1. The molecular formula is C18H25FN2O2S. The number of phenols is 1. The zero-order valence-corrected chi connectivity index (χ0v) is 15.1. The van der Waals surface area contributed by atoms with Gasteiger partial charge in [0.15, 0.2) is 5.82 Å². The molecule has 0 spiro atoms. The summed E-state index contributed by atoms with van der Waals surface area (Å²) in [5.74, 6) is 0.603. The number of rotatable bonds is 5. The molecule has 24 heavy (non-hydrogen) atoms. The lowest BCUT2D eigenvalue weighted by atomic mass is 9.80. The summed E-state index contributed by atoms with van der Waals surface area (Å²) in [6, 6.07) is 1.68. The molecule has 1 fully saturated rings. The van der Waals surface area contributed by atoms with Crippen molar-refractivity contribution in [1.82, 2.24) is 4.72 Å². The minimum atomic E-state index is -0.359. The number of aromatic hydroxyl groups is 1. The Kier molecular flexibility index (Phi) is 5.23. The molecule has 3 rings (SSSR count). The van der Waals surface area contributed by atoms with Crippen molar-refractivity contribution in [1.29, 1.82) is 0 Å². The normalized spacial score (nSPS) is 20.4. The maximum atomic E-state index is 15.1. The van der Waals surface area contributed by atoms with Crippen molar-refractivity contribution in [3.63, 3.8) is 0 Å². The quantitative estimate of drug-likeness (QED) is 0.788. The molecule has 1 aliphatic carbocycles. The van der Waals surface area contributed by atoms with Gasteiger partial charge in [0, 0.05) is 0 Å². The fourth-order valence-corrected chi connectivity index (χ4v) is 4.36. The van der Waals surface area contributed by atoms with Crippen LogP contribution in [0.3, 0.4) is 0 Å². The SMILES string of the molecule is CC(C)CCCC1CCc2cc(O)c(N3CC(=O)NS3)c(F)c2C1. The zero-order valence-electron chi connectivity index (χ0n) is 14.3. The van der Waals surface area contributed by atoms with Crippen LogP contribution in [0.1, 0.15) is 50.7 Å². The van der Waals surface area contributed by atoms with Crippen molar-refractivity contribution in [3.8, 4) is 5.75 Å². The Balaban J connectivity index is 1.78. The predicted octanol–water partition coefficient (Wildman–Crippen LogP) is 3.96. The number of phenolic OH excluding ortho intramolecular Hbond substituents is 1. The number of amides is 1. The smallest absolute Gasteiger partial charge is 0.251 e. The molecule has 6 heteroatoms. The summed E-state index contributed by atoms with van der Waals surface area (Å²) in [5, 5.41) is 10.2. The standard InChI is InChI=1S/C18H25FN2O2S/c1-11(2)4-3-5-12-6-7-13-9-15(22)18(17(19)14(13)8-12)21-10-16(23)20-24-21/h9,11-12,22H,3-8,10H2,1-2H3,(H,20,23). The molecule has 1 aromatic carbocycles. The second-order valence-corrected chi connectivity index (χ2v) is 8.11. The molecule has 1 heterocycles. The molecule has 1 atom stereocenters. The number of benzene rings is 1. The summed E-state index contributed by atoms with van der Waals surface area (Å²) in [6.07, 6.45) is 6.13. The highest BCUT2D eigenvalue weighted by Crippen LogP contribution is 2.42. The van der Waals surface area contributed by atoms with Crippen LogP contribution in [0.5, 0.6) is 5.75 Å². The molecule has 0 bridgehead atoms. The van der Waals surface area contributed by atoms with Crippen molar-refractivity contribution in [2.24, 2.45) is 11.8 Å². The number of nitrogens with zero attached hydrogens (tertiary/aromatic N) is 1. The molecule has 2 N–H and O–H groups in total. The highest BCUT2D eigenvalue weighted by atomic mass is 32.2. The van der Waals surface area contributed by atoms with E-state index in [0.29, 0.717) is 11.8 Å². The first kappa shape index (κ1) is 17.4. The molecule has 2 aliphatic rings. The van der Waals surface area contributed by atoms with Gasteiger partial charge in [0.25, 0.3) is 5.91 Å². The molecule has 132 valence electrons. The topological polar surface area (TPSA) is 52.6 Å². The van der Waals surface area contributed by atoms with E-state index in [2.05, 4.69) is 18.6 Å². The second-order valence-electron chi connectivity index (χ2n) is 7.28. The van der Waals surface area contributed by atoms with Gasteiger partial charge >= 0.3 is 0 Å². The molecule has 0 radical (unpaired) electrons. The van der Waals surface area contributed by atoms with Gasteiger partial charge in [0.2, 0.25) is 0 Å². The third kappa shape index (κ3) is 3.63. The summed E-state index contributed by atoms with van der Waals surface area (Å²) in [4.78, 5) is 11.4. The summed E-state index contributed by atoms with van der Waals surface area (Å²) >= 11 is 1.03. The molecule has 1 aromatic rings. The lowest BCUT2D eigenvalue weighted by molar-refractivity contribution is -0.117. The maximum Gasteiger partial charge on any atom is 0.251 e. The fourth-order valence-electron chi connectivity index (χ4n) is 3.64. The number of aryl methyl sites for hydroxylation is 1. The highest BCUT2D eigenvalue weighted by Gasteiger charge is 2.31. The first-order valence-corrected chi connectivity index (χ1v) is 9.49. The van der Waals surface area contributed by atoms with E-state index in [0.717, 1.165) is 48.9 Å². The molecule has 1 amide bonds. The van der Waals surface area contributed by atoms with Gasteiger partial charge in [-0.15, -0.1) is 0 Å². The Bertz CT molecular complexity index is 636. The number of nitrogens with one attached hydrogen (secondary N) is 1. The monoisotopic (exact) mass is 352 g/mol. The highest BCUT2D eigenvalue weighted by molar-refractivity contribution is 7.99. The molecule has 1 unspecified atom stereocenters. The maximum absolute atomic E-state index is 15.1. The van der Waals surface area contributed by atoms with Crippen LogP contribution < -0.4 is 9.03 Å². The number of hydrogen-bond acceptors (Lipinski definition) is 4. The van der Waals surface area contributed by atoms with Gasteiger partial charge in [-0.1, -0.05) is 33.1 Å². The molecule has 4 nitrogen and oxygen atoms in total. The van der Waals surface area contributed by atoms with Crippen LogP contribution in [-0.2, 0) is 17.6 Å². The third-order valence-corrected chi connectivity index (χ3v) is 5.78. The Morgan fingerprint density at radius 2 is 2.29 bits per heavy atom. The van der Waals surface area contributed by atoms with Crippen LogP contribution in [-0.4, -0.2) is 17.6 Å². The number of fused-ring (bicyclic) bond motifs is 1. The Hall–Kier alpha value is -1.43. The minimum Gasteiger partial charge on any atom is -0.506 e. The zero-order chi connectivity index (χ0) is 17.3. The predicted molar refractivity (Wildman–Crippen MR) is 95.3 cm³/mol. The first-order chi connectivity index (χ1) is 11.5.